The molecule has 1 aliphatic heterocycles. The zero-order valence-electron chi connectivity index (χ0n) is 8.67. The summed E-state index contributed by atoms with van der Waals surface area (Å²) in [6, 6.07) is 9.54. The number of hydrogen-bond donors (Lipinski definition) is 0. The van der Waals surface area contributed by atoms with Crippen molar-refractivity contribution >= 4 is 23.3 Å². The second-order valence-electron chi connectivity index (χ2n) is 3.60. The van der Waals surface area contributed by atoms with E-state index in [0.717, 1.165) is 10.6 Å². The fourth-order valence-electron chi connectivity index (χ4n) is 1.65. The molecule has 0 amide bonds. The molecule has 1 aromatic carbocycles. The molecule has 0 N–H and O–H groups in total. The largest absolute Gasteiger partial charge is 0.388 e. The van der Waals surface area contributed by atoms with Crippen LogP contribution in [-0.2, 0) is 16.0 Å². The van der Waals surface area contributed by atoms with Crippen LogP contribution in [0.2, 0.25) is 0 Å². The van der Waals surface area contributed by atoms with Gasteiger partial charge >= 0.3 is 11.9 Å². The Hall–Kier alpha value is -2.01. The van der Waals surface area contributed by atoms with Crippen LogP contribution in [0.3, 0.4) is 0 Å². The van der Waals surface area contributed by atoms with E-state index in [1.54, 1.807) is 0 Å². The first kappa shape index (κ1) is 10.2. The summed E-state index contributed by atoms with van der Waals surface area (Å²) in [4.78, 5) is 27.5. The monoisotopic (exact) mass is 245 g/mol. The summed E-state index contributed by atoms with van der Waals surface area (Å²) < 4.78 is 4.53. The highest BCUT2D eigenvalue weighted by Gasteiger charge is 2.29. The molecule has 0 atom stereocenters. The lowest BCUT2D eigenvalue weighted by Crippen LogP contribution is -2.21. The molecule has 1 aliphatic rings. The Morgan fingerprint density at radius 2 is 1.94 bits per heavy atom. The number of thiazole rings is 1. The fraction of sp³-hybridized carbons (Fsp3) is 0.0833. The van der Waals surface area contributed by atoms with E-state index in [4.69, 9.17) is 0 Å². The average molecular weight is 245 g/mol. The van der Waals surface area contributed by atoms with Gasteiger partial charge in [0.2, 0.25) is 0 Å². The van der Waals surface area contributed by atoms with E-state index in [-0.39, 0.29) is 12.1 Å². The molecule has 0 aliphatic carbocycles. The first-order valence-corrected chi connectivity index (χ1v) is 5.86. The van der Waals surface area contributed by atoms with Crippen molar-refractivity contribution in [3.63, 3.8) is 0 Å². The molecular weight excluding hydrogens is 238 g/mol. The lowest BCUT2D eigenvalue weighted by molar-refractivity contribution is -0.137. The van der Waals surface area contributed by atoms with Gasteiger partial charge in [-0.05, 0) is 0 Å². The highest BCUT2D eigenvalue weighted by atomic mass is 32.1. The topological polar surface area (TPSA) is 56.3 Å². The maximum absolute atomic E-state index is 11.4. The lowest BCUT2D eigenvalue weighted by Gasteiger charge is -2.06. The highest BCUT2D eigenvalue weighted by molar-refractivity contribution is 7.15. The third-order valence-corrected chi connectivity index (χ3v) is 3.53. The number of fused-ring (bicyclic) bond motifs is 1. The van der Waals surface area contributed by atoms with Gasteiger partial charge in [0.05, 0.1) is 11.3 Å². The van der Waals surface area contributed by atoms with Crippen LogP contribution in [-0.4, -0.2) is 16.9 Å². The standard InChI is InChI=1S/C12H7NO3S/c14-9-6-8-10(12(15)16-9)13-11(17-8)7-4-2-1-3-5-7/h1-5H,6H2. The minimum atomic E-state index is -0.644. The van der Waals surface area contributed by atoms with Crippen molar-refractivity contribution in [3.05, 3.63) is 40.9 Å². The molecule has 0 radical (unpaired) electrons. The second-order valence-corrected chi connectivity index (χ2v) is 4.68. The normalized spacial score (nSPS) is 14.4. The maximum Gasteiger partial charge on any atom is 0.365 e. The molecule has 17 heavy (non-hydrogen) atoms. The first-order valence-electron chi connectivity index (χ1n) is 5.04. The number of carbonyl (C=O) groups is 2. The van der Waals surface area contributed by atoms with E-state index in [1.165, 1.54) is 11.3 Å². The van der Waals surface area contributed by atoms with Gasteiger partial charge in [0.25, 0.3) is 0 Å². The van der Waals surface area contributed by atoms with Crippen molar-refractivity contribution in [1.29, 1.82) is 0 Å². The smallest absolute Gasteiger partial charge is 0.365 e. The molecule has 0 bridgehead atoms. The van der Waals surface area contributed by atoms with Gasteiger partial charge in [-0.2, -0.15) is 0 Å². The Kier molecular flexibility index (Phi) is 2.26. The number of esters is 2. The summed E-state index contributed by atoms with van der Waals surface area (Å²) in [6.45, 7) is 0. The summed E-state index contributed by atoms with van der Waals surface area (Å²) in [7, 11) is 0. The average Bonchev–Trinajstić information content (AvgIpc) is 2.74. The van der Waals surface area contributed by atoms with Crippen molar-refractivity contribution < 1.29 is 14.3 Å². The van der Waals surface area contributed by atoms with Crippen LogP contribution in [0.25, 0.3) is 10.6 Å². The van der Waals surface area contributed by atoms with Crippen molar-refractivity contribution in [2.75, 3.05) is 0 Å². The summed E-state index contributed by atoms with van der Waals surface area (Å²) in [6.07, 6.45) is 0.131. The second kappa shape index (κ2) is 3.78. The molecule has 0 saturated heterocycles. The highest BCUT2D eigenvalue weighted by Crippen LogP contribution is 2.30. The van der Waals surface area contributed by atoms with E-state index in [9.17, 15) is 9.59 Å². The summed E-state index contributed by atoms with van der Waals surface area (Å²) in [5, 5.41) is 0.738. The zero-order chi connectivity index (χ0) is 11.8. The number of rotatable bonds is 1. The van der Waals surface area contributed by atoms with Gasteiger partial charge in [0.1, 0.15) is 5.01 Å². The van der Waals surface area contributed by atoms with Crippen molar-refractivity contribution in [3.8, 4) is 10.6 Å². The van der Waals surface area contributed by atoms with Crippen LogP contribution in [0.1, 0.15) is 15.4 Å². The Balaban J connectivity index is 2.08. The Morgan fingerprint density at radius 3 is 2.71 bits per heavy atom. The molecule has 2 heterocycles. The molecule has 0 spiro atoms. The summed E-state index contributed by atoms with van der Waals surface area (Å²) in [5.41, 5.74) is 1.21. The van der Waals surface area contributed by atoms with Crippen LogP contribution in [0, 0.1) is 0 Å². The Bertz CT molecular complexity index is 603. The minimum absolute atomic E-state index is 0.131. The van der Waals surface area contributed by atoms with Crippen LogP contribution >= 0.6 is 11.3 Å². The molecular formula is C12H7NO3S. The van der Waals surface area contributed by atoms with Crippen molar-refractivity contribution in [2.45, 2.75) is 6.42 Å². The summed E-state index contributed by atoms with van der Waals surface area (Å²) >= 11 is 1.36. The lowest BCUT2D eigenvalue weighted by atomic mass is 10.2. The first-order chi connectivity index (χ1) is 8.24. The third-order valence-electron chi connectivity index (χ3n) is 2.42. The minimum Gasteiger partial charge on any atom is -0.388 e. The number of carbonyl (C=O) groups excluding carboxylic acids is 2. The van der Waals surface area contributed by atoms with Crippen LogP contribution < -0.4 is 0 Å². The van der Waals surface area contributed by atoms with Gasteiger partial charge in [-0.3, -0.25) is 4.79 Å². The van der Waals surface area contributed by atoms with E-state index in [2.05, 4.69) is 9.72 Å². The predicted octanol–water partition coefficient (Wildman–Crippen LogP) is 2.05. The number of cyclic esters (lactones) is 2. The van der Waals surface area contributed by atoms with E-state index in [1.807, 2.05) is 30.3 Å². The number of hydrogen-bond acceptors (Lipinski definition) is 5. The Labute approximate surface area is 101 Å². The van der Waals surface area contributed by atoms with Crippen LogP contribution in [0.15, 0.2) is 30.3 Å². The zero-order valence-corrected chi connectivity index (χ0v) is 9.49. The molecule has 1 aromatic heterocycles. The number of aromatic nitrogens is 1. The van der Waals surface area contributed by atoms with Gasteiger partial charge < -0.3 is 4.74 Å². The maximum atomic E-state index is 11.4. The van der Waals surface area contributed by atoms with Crippen LogP contribution in [0.4, 0.5) is 0 Å². The molecule has 3 rings (SSSR count). The third kappa shape index (κ3) is 1.74. The van der Waals surface area contributed by atoms with E-state index < -0.39 is 11.9 Å². The van der Waals surface area contributed by atoms with Crippen molar-refractivity contribution in [2.24, 2.45) is 0 Å². The number of benzene rings is 1. The quantitative estimate of drug-likeness (QED) is 0.570. The number of nitrogens with zero attached hydrogens (tertiary/aromatic N) is 1. The van der Waals surface area contributed by atoms with Gasteiger partial charge in [0, 0.05) is 5.56 Å². The predicted molar refractivity (Wildman–Crippen MR) is 61.7 cm³/mol. The molecule has 5 heteroatoms. The Morgan fingerprint density at radius 1 is 1.18 bits per heavy atom. The van der Waals surface area contributed by atoms with Gasteiger partial charge in [-0.25, -0.2) is 9.78 Å². The van der Waals surface area contributed by atoms with Crippen molar-refractivity contribution in [1.82, 2.24) is 4.98 Å². The fourth-order valence-corrected chi connectivity index (χ4v) is 2.69. The molecule has 4 nitrogen and oxygen atoms in total. The molecule has 0 unspecified atom stereocenters. The molecule has 0 fully saturated rings. The number of ether oxygens (including phenoxy) is 1. The van der Waals surface area contributed by atoms with Gasteiger partial charge in [0.15, 0.2) is 5.69 Å². The van der Waals surface area contributed by atoms with E-state index >= 15 is 0 Å². The molecule has 0 saturated carbocycles. The SMILES string of the molecule is O=C1Cc2sc(-c3ccccc3)nc2C(=O)O1. The molecule has 2 aromatic rings. The van der Waals surface area contributed by atoms with Gasteiger partial charge in [-0.1, -0.05) is 30.3 Å². The summed E-state index contributed by atoms with van der Waals surface area (Å²) in [5.74, 6) is -1.15. The molecule has 84 valence electrons. The van der Waals surface area contributed by atoms with Gasteiger partial charge in [-0.15, -0.1) is 11.3 Å². The van der Waals surface area contributed by atoms with Crippen LogP contribution in [0.5, 0.6) is 0 Å². The van der Waals surface area contributed by atoms with E-state index in [0.29, 0.717) is 4.88 Å².